The van der Waals surface area contributed by atoms with Gasteiger partial charge in [-0.15, -0.1) is 0 Å². The Bertz CT molecular complexity index is 284. The first-order valence-electron chi connectivity index (χ1n) is 4.96. The molecule has 0 aliphatic carbocycles. The molecule has 0 saturated heterocycles. The van der Waals surface area contributed by atoms with Crippen LogP contribution >= 0.6 is 0 Å². The highest BCUT2D eigenvalue weighted by molar-refractivity contribution is 6.90. The third kappa shape index (κ3) is 4.94. The normalized spacial score (nSPS) is 10.8. The molecule has 1 N–H and O–H groups in total. The summed E-state index contributed by atoms with van der Waals surface area (Å²) in [5.41, 5.74) is -0.870. The molecule has 8 nitrogen and oxygen atoms in total. The van der Waals surface area contributed by atoms with Gasteiger partial charge < -0.3 is 18.6 Å². The molecule has 0 saturated carbocycles. The van der Waals surface area contributed by atoms with E-state index in [1.165, 1.54) is 21.3 Å². The molecule has 0 heterocycles. The van der Waals surface area contributed by atoms with Crippen LogP contribution in [0.5, 0.6) is 0 Å². The lowest BCUT2D eigenvalue weighted by atomic mass is 10.5. The van der Waals surface area contributed by atoms with Crippen LogP contribution in [0.1, 0.15) is 0 Å². The Labute approximate surface area is 106 Å². The smallest absolute Gasteiger partial charge is 0.369 e. The Morgan fingerprint density at radius 2 is 1.78 bits per heavy atom. The Hall–Kier alpha value is -1.26. The van der Waals surface area contributed by atoms with Crippen molar-refractivity contribution in [3.63, 3.8) is 0 Å². The fourth-order valence-corrected chi connectivity index (χ4v) is 2.10. The number of amides is 1. The zero-order valence-corrected chi connectivity index (χ0v) is 11.6. The van der Waals surface area contributed by atoms with E-state index >= 15 is 0 Å². The minimum absolute atomic E-state index is 0.0209. The van der Waals surface area contributed by atoms with Gasteiger partial charge >= 0.3 is 14.4 Å². The molecule has 0 aliphatic heterocycles. The summed E-state index contributed by atoms with van der Waals surface area (Å²) < 4.78 is 14.6. The van der Waals surface area contributed by atoms with Crippen LogP contribution in [0, 0.1) is 0 Å². The molecule has 18 heavy (non-hydrogen) atoms. The summed E-state index contributed by atoms with van der Waals surface area (Å²) in [4.78, 5) is 31.4. The van der Waals surface area contributed by atoms with E-state index in [0.29, 0.717) is 0 Å². The van der Waals surface area contributed by atoms with E-state index in [1.807, 2.05) is 0 Å². The molecule has 0 unspecified atom stereocenters. The van der Waals surface area contributed by atoms with E-state index < -0.39 is 14.4 Å². The van der Waals surface area contributed by atoms with E-state index in [-0.39, 0.29) is 19.1 Å². The highest BCUT2D eigenvalue weighted by Crippen LogP contribution is 2.09. The molecule has 0 spiro atoms. The number of hydrogen-bond donors (Lipinski definition) is 1. The molecule has 9 heteroatoms. The Morgan fingerprint density at radius 3 is 2.22 bits per heavy atom. The van der Waals surface area contributed by atoms with Gasteiger partial charge in [0.25, 0.3) is 0 Å². The molecule has 0 atom stereocenters. The second-order valence-corrected chi connectivity index (χ2v) is 5.60. The predicted molar refractivity (Wildman–Crippen MR) is 62.4 cm³/mol. The Balaban J connectivity index is 3.95. The summed E-state index contributed by atoms with van der Waals surface area (Å²) in [6, 6.07) is 0. The topological polar surface area (TPSA) is 92.3 Å². The van der Waals surface area contributed by atoms with Gasteiger partial charge in [0.1, 0.15) is 6.61 Å². The molecule has 104 valence electrons. The molecule has 0 bridgehead atoms. The van der Waals surface area contributed by atoms with Gasteiger partial charge in [-0.2, -0.15) is 4.89 Å². The molecule has 0 aromatic heterocycles. The van der Waals surface area contributed by atoms with E-state index in [0.717, 1.165) is 6.08 Å². The lowest BCUT2D eigenvalue weighted by Gasteiger charge is -2.20. The van der Waals surface area contributed by atoms with Gasteiger partial charge in [0.15, 0.2) is 0 Å². The van der Waals surface area contributed by atoms with Crippen LogP contribution in [0.15, 0.2) is 12.7 Å². The van der Waals surface area contributed by atoms with Crippen molar-refractivity contribution in [2.45, 2.75) is 0 Å². The van der Waals surface area contributed by atoms with Gasteiger partial charge in [0, 0.05) is 27.9 Å². The van der Waals surface area contributed by atoms with E-state index in [9.17, 15) is 9.59 Å². The highest BCUT2D eigenvalue weighted by atomic mass is 28.4. The average molecular weight is 279 g/mol. The quantitative estimate of drug-likeness (QED) is 0.206. The second kappa shape index (κ2) is 8.77. The summed E-state index contributed by atoms with van der Waals surface area (Å²) >= 11 is 0. The molecule has 0 aromatic rings. The van der Waals surface area contributed by atoms with Crippen molar-refractivity contribution in [2.24, 2.45) is 0 Å². The van der Waals surface area contributed by atoms with Crippen molar-refractivity contribution in [3.8, 4) is 0 Å². The van der Waals surface area contributed by atoms with Crippen molar-refractivity contribution in [1.29, 1.82) is 0 Å². The SMILES string of the molecule is C=CC(=O)NCCOOC(=O)[Si](OC)(OC)OC. The molecule has 0 radical (unpaired) electrons. The van der Waals surface area contributed by atoms with Crippen molar-refractivity contribution < 1.29 is 32.6 Å². The van der Waals surface area contributed by atoms with Crippen molar-refractivity contribution in [2.75, 3.05) is 34.5 Å². The minimum atomic E-state index is -3.50. The first-order valence-corrected chi connectivity index (χ1v) is 6.68. The number of rotatable bonds is 9. The van der Waals surface area contributed by atoms with Crippen LogP contribution in [0.4, 0.5) is 4.79 Å². The number of hydrogen-bond acceptors (Lipinski definition) is 7. The molecule has 0 fully saturated rings. The number of carbonyl (C=O) groups excluding carboxylic acids is 2. The maximum atomic E-state index is 11.5. The Kier molecular flexibility index (Phi) is 8.16. The van der Waals surface area contributed by atoms with Gasteiger partial charge in [0.05, 0.1) is 0 Å². The summed E-state index contributed by atoms with van der Waals surface area (Å²) in [7, 11) is 0.307. The van der Waals surface area contributed by atoms with Crippen molar-refractivity contribution >= 4 is 20.3 Å². The summed E-state index contributed by atoms with van der Waals surface area (Å²) in [5, 5.41) is 2.43. The van der Waals surface area contributed by atoms with Gasteiger partial charge in [-0.3, -0.25) is 9.68 Å². The zero-order chi connectivity index (χ0) is 14.0. The van der Waals surface area contributed by atoms with Crippen LogP contribution in [0.25, 0.3) is 0 Å². The monoisotopic (exact) mass is 279 g/mol. The molecule has 1 amide bonds. The summed E-state index contributed by atoms with van der Waals surface area (Å²) in [6.07, 6.45) is 1.12. The Morgan fingerprint density at radius 1 is 1.22 bits per heavy atom. The largest absolute Gasteiger partial charge is 0.625 e. The van der Waals surface area contributed by atoms with E-state index in [4.69, 9.17) is 13.3 Å². The summed E-state index contributed by atoms with van der Waals surface area (Å²) in [6.45, 7) is 3.42. The van der Waals surface area contributed by atoms with E-state index in [2.05, 4.69) is 21.7 Å². The van der Waals surface area contributed by atoms with Crippen LogP contribution < -0.4 is 5.32 Å². The maximum absolute atomic E-state index is 11.5. The standard InChI is InChI=1S/C9H17NO7Si/c1-5-8(11)10-6-7-16-17-9(12)18(13-2,14-3)15-4/h5H,1,6-7H2,2-4H3,(H,10,11). The molecular formula is C9H17NO7Si. The molecular weight excluding hydrogens is 262 g/mol. The van der Waals surface area contributed by atoms with Crippen LogP contribution in [-0.2, 0) is 27.8 Å². The predicted octanol–water partition coefficient (Wildman–Crippen LogP) is -0.183. The molecule has 0 aromatic carbocycles. The maximum Gasteiger partial charge on any atom is 0.625 e. The van der Waals surface area contributed by atoms with Gasteiger partial charge in [0.2, 0.25) is 5.91 Å². The van der Waals surface area contributed by atoms with Gasteiger partial charge in [-0.1, -0.05) is 6.58 Å². The van der Waals surface area contributed by atoms with Crippen molar-refractivity contribution in [1.82, 2.24) is 5.32 Å². The van der Waals surface area contributed by atoms with E-state index in [1.54, 1.807) is 0 Å². The van der Waals surface area contributed by atoms with Gasteiger partial charge in [-0.05, 0) is 6.08 Å². The van der Waals surface area contributed by atoms with Crippen molar-refractivity contribution in [3.05, 3.63) is 12.7 Å². The fourth-order valence-electron chi connectivity index (χ4n) is 0.934. The first-order chi connectivity index (χ1) is 8.56. The average Bonchev–Trinajstić information content (AvgIpc) is 2.40. The van der Waals surface area contributed by atoms with Crippen LogP contribution in [-0.4, -0.2) is 54.8 Å². The third-order valence-electron chi connectivity index (χ3n) is 1.86. The highest BCUT2D eigenvalue weighted by Gasteiger charge is 2.51. The summed E-state index contributed by atoms with van der Waals surface area (Å²) in [5.74, 6) is -0.348. The number of carbonyl (C=O) groups is 2. The fraction of sp³-hybridized carbons (Fsp3) is 0.556. The lowest BCUT2D eigenvalue weighted by molar-refractivity contribution is -0.232. The molecule has 0 aliphatic rings. The zero-order valence-electron chi connectivity index (χ0n) is 10.6. The first kappa shape index (κ1) is 16.7. The van der Waals surface area contributed by atoms with Crippen LogP contribution in [0.2, 0.25) is 0 Å². The second-order valence-electron chi connectivity index (χ2n) is 2.86. The van der Waals surface area contributed by atoms with Crippen LogP contribution in [0.3, 0.4) is 0 Å². The van der Waals surface area contributed by atoms with Gasteiger partial charge in [-0.25, -0.2) is 4.79 Å². The lowest BCUT2D eigenvalue weighted by Crippen LogP contribution is -2.51. The third-order valence-corrected chi connectivity index (χ3v) is 4.06. The molecule has 0 rings (SSSR count). The number of nitrogens with one attached hydrogen (secondary N) is 1. The minimum Gasteiger partial charge on any atom is -0.369 e.